The fourth-order valence-electron chi connectivity index (χ4n) is 3.72. The first-order valence-electron chi connectivity index (χ1n) is 8.20. The number of hydrogen-bond acceptors (Lipinski definition) is 4. The summed E-state index contributed by atoms with van der Waals surface area (Å²) in [5, 5.41) is 22.2. The number of carboxylic acid groups (broad SMARTS) is 1. The molecule has 0 spiro atoms. The number of nitriles is 1. The minimum Gasteiger partial charge on any atom is -0.481 e. The number of amides is 1. The van der Waals surface area contributed by atoms with Crippen LogP contribution in [0.15, 0.2) is 0 Å². The van der Waals surface area contributed by atoms with Gasteiger partial charge in [0, 0.05) is 4.88 Å². The average Bonchev–Trinajstić information content (AvgIpc) is 2.91. The molecule has 0 saturated heterocycles. The Morgan fingerprint density at radius 2 is 1.83 bits per heavy atom. The Kier molecular flexibility index (Phi) is 4.67. The highest BCUT2D eigenvalue weighted by Gasteiger charge is 2.36. The summed E-state index contributed by atoms with van der Waals surface area (Å²) in [6.45, 7) is 0. The summed E-state index contributed by atoms with van der Waals surface area (Å²) < 4.78 is 0. The van der Waals surface area contributed by atoms with E-state index >= 15 is 0 Å². The SMILES string of the molecule is N#Cc1c(NC(=O)[C@H]2CCCC[C@H]2C(=O)O)sc2c1CCCC2. The minimum atomic E-state index is -0.893. The fourth-order valence-corrected chi connectivity index (χ4v) is 4.96. The van der Waals surface area contributed by atoms with Crippen molar-refractivity contribution in [3.05, 3.63) is 16.0 Å². The molecule has 0 radical (unpaired) electrons. The Bertz CT molecular complexity index is 674. The molecule has 23 heavy (non-hydrogen) atoms. The van der Waals surface area contributed by atoms with Crippen LogP contribution < -0.4 is 5.32 Å². The van der Waals surface area contributed by atoms with Crippen LogP contribution in [0, 0.1) is 23.2 Å². The second-order valence-electron chi connectivity index (χ2n) is 6.35. The molecule has 1 amide bonds. The molecule has 5 nitrogen and oxygen atoms in total. The second kappa shape index (κ2) is 6.71. The normalized spacial score (nSPS) is 23.6. The number of aliphatic carboxylic acids is 1. The van der Waals surface area contributed by atoms with Gasteiger partial charge in [0.15, 0.2) is 0 Å². The Balaban J connectivity index is 1.81. The molecule has 2 aliphatic rings. The van der Waals surface area contributed by atoms with E-state index < -0.39 is 17.8 Å². The molecule has 0 aliphatic heterocycles. The molecule has 1 heterocycles. The second-order valence-corrected chi connectivity index (χ2v) is 7.46. The fraction of sp³-hybridized carbons (Fsp3) is 0.588. The summed E-state index contributed by atoms with van der Waals surface area (Å²) in [7, 11) is 0. The maximum absolute atomic E-state index is 12.6. The molecule has 1 saturated carbocycles. The summed E-state index contributed by atoms with van der Waals surface area (Å²) in [5.74, 6) is -2.24. The van der Waals surface area contributed by atoms with Crippen molar-refractivity contribution in [1.29, 1.82) is 5.26 Å². The largest absolute Gasteiger partial charge is 0.481 e. The lowest BCUT2D eigenvalue weighted by molar-refractivity contribution is -0.147. The standard InChI is InChI=1S/C17H20N2O3S/c18-9-13-10-5-3-4-8-14(10)23-16(13)19-15(20)11-6-1-2-7-12(11)17(21)22/h11-12H,1-8H2,(H,19,20)(H,21,22)/t11-,12+/m0/s1. The number of carbonyl (C=O) groups is 2. The van der Waals surface area contributed by atoms with Gasteiger partial charge < -0.3 is 10.4 Å². The van der Waals surface area contributed by atoms with Crippen molar-refractivity contribution < 1.29 is 14.7 Å². The van der Waals surface area contributed by atoms with E-state index in [2.05, 4.69) is 11.4 Å². The van der Waals surface area contributed by atoms with Crippen molar-refractivity contribution in [2.75, 3.05) is 5.32 Å². The van der Waals surface area contributed by atoms with Crippen molar-refractivity contribution in [2.24, 2.45) is 11.8 Å². The molecule has 2 aliphatic carbocycles. The van der Waals surface area contributed by atoms with Gasteiger partial charge in [-0.3, -0.25) is 9.59 Å². The molecule has 6 heteroatoms. The number of nitrogens with one attached hydrogen (secondary N) is 1. The molecule has 0 bridgehead atoms. The highest BCUT2D eigenvalue weighted by molar-refractivity contribution is 7.16. The summed E-state index contributed by atoms with van der Waals surface area (Å²) in [4.78, 5) is 25.2. The number of nitrogens with zero attached hydrogens (tertiary/aromatic N) is 1. The maximum atomic E-state index is 12.6. The first-order valence-corrected chi connectivity index (χ1v) is 9.01. The van der Waals surface area contributed by atoms with Gasteiger partial charge in [0.1, 0.15) is 11.1 Å². The average molecular weight is 332 g/mol. The smallest absolute Gasteiger partial charge is 0.307 e. The van der Waals surface area contributed by atoms with Crippen molar-refractivity contribution in [3.63, 3.8) is 0 Å². The van der Waals surface area contributed by atoms with E-state index in [1.807, 2.05) is 0 Å². The van der Waals surface area contributed by atoms with Gasteiger partial charge >= 0.3 is 5.97 Å². The van der Waals surface area contributed by atoms with Crippen LogP contribution in [0.4, 0.5) is 5.00 Å². The van der Waals surface area contributed by atoms with Crippen molar-refractivity contribution in [2.45, 2.75) is 51.4 Å². The lowest BCUT2D eigenvalue weighted by Gasteiger charge is -2.27. The number of fused-ring (bicyclic) bond motifs is 1. The quantitative estimate of drug-likeness (QED) is 0.888. The number of carbonyl (C=O) groups excluding carboxylic acids is 1. The lowest BCUT2D eigenvalue weighted by atomic mass is 9.78. The highest BCUT2D eigenvalue weighted by Crippen LogP contribution is 2.39. The minimum absolute atomic E-state index is 0.243. The Hall–Kier alpha value is -1.87. The van der Waals surface area contributed by atoms with Crippen LogP contribution in [-0.4, -0.2) is 17.0 Å². The van der Waals surface area contributed by atoms with E-state index in [9.17, 15) is 20.0 Å². The molecule has 2 N–H and O–H groups in total. The van der Waals surface area contributed by atoms with Gasteiger partial charge in [-0.05, 0) is 44.1 Å². The number of rotatable bonds is 3. The van der Waals surface area contributed by atoms with Crippen LogP contribution in [0.2, 0.25) is 0 Å². The molecular formula is C17H20N2O3S. The molecule has 1 fully saturated rings. The summed E-state index contributed by atoms with van der Waals surface area (Å²) in [5.41, 5.74) is 1.67. The number of thiophene rings is 1. The van der Waals surface area contributed by atoms with Gasteiger partial charge in [-0.25, -0.2) is 0 Å². The van der Waals surface area contributed by atoms with Crippen LogP contribution in [0.25, 0.3) is 0 Å². The monoisotopic (exact) mass is 332 g/mol. The summed E-state index contributed by atoms with van der Waals surface area (Å²) in [6.07, 6.45) is 6.96. The van der Waals surface area contributed by atoms with Crippen LogP contribution in [0.5, 0.6) is 0 Å². The molecule has 3 rings (SSSR count). The number of carboxylic acids is 1. The topological polar surface area (TPSA) is 90.2 Å². The van der Waals surface area contributed by atoms with Gasteiger partial charge in [0.2, 0.25) is 5.91 Å². The Morgan fingerprint density at radius 1 is 1.13 bits per heavy atom. The van der Waals surface area contributed by atoms with E-state index in [0.717, 1.165) is 44.1 Å². The van der Waals surface area contributed by atoms with Gasteiger partial charge in [0.05, 0.1) is 17.4 Å². The molecule has 0 aromatic carbocycles. The van der Waals surface area contributed by atoms with Gasteiger partial charge in [-0.1, -0.05) is 12.8 Å². The van der Waals surface area contributed by atoms with Crippen LogP contribution in [-0.2, 0) is 22.4 Å². The Morgan fingerprint density at radius 3 is 2.52 bits per heavy atom. The molecular weight excluding hydrogens is 312 g/mol. The number of hydrogen-bond donors (Lipinski definition) is 2. The van der Waals surface area contributed by atoms with Crippen LogP contribution in [0.1, 0.15) is 54.5 Å². The summed E-state index contributed by atoms with van der Waals surface area (Å²) >= 11 is 1.49. The van der Waals surface area contributed by atoms with Gasteiger partial charge in [0.25, 0.3) is 0 Å². The lowest BCUT2D eigenvalue weighted by Crippen LogP contribution is -2.36. The molecule has 2 atom stereocenters. The molecule has 122 valence electrons. The third-order valence-corrected chi connectivity index (χ3v) is 6.15. The zero-order valence-electron chi connectivity index (χ0n) is 12.9. The van der Waals surface area contributed by atoms with E-state index in [-0.39, 0.29) is 5.91 Å². The highest BCUT2D eigenvalue weighted by atomic mass is 32.1. The van der Waals surface area contributed by atoms with Gasteiger partial charge in [-0.15, -0.1) is 11.3 Å². The summed E-state index contributed by atoms with van der Waals surface area (Å²) in [6, 6.07) is 2.23. The van der Waals surface area contributed by atoms with E-state index in [1.165, 1.54) is 16.2 Å². The third kappa shape index (κ3) is 3.11. The van der Waals surface area contributed by atoms with Crippen LogP contribution >= 0.6 is 11.3 Å². The zero-order valence-corrected chi connectivity index (χ0v) is 13.7. The van der Waals surface area contributed by atoms with Crippen LogP contribution in [0.3, 0.4) is 0 Å². The molecule has 0 unspecified atom stereocenters. The van der Waals surface area contributed by atoms with Crippen molar-refractivity contribution in [1.82, 2.24) is 0 Å². The number of aryl methyl sites for hydroxylation is 1. The van der Waals surface area contributed by atoms with Gasteiger partial charge in [-0.2, -0.15) is 5.26 Å². The first kappa shape index (κ1) is 16.0. The molecule has 1 aromatic rings. The van der Waals surface area contributed by atoms with E-state index in [1.54, 1.807) is 0 Å². The van der Waals surface area contributed by atoms with E-state index in [4.69, 9.17) is 0 Å². The predicted molar refractivity (Wildman–Crippen MR) is 87.4 cm³/mol. The molecule has 1 aromatic heterocycles. The third-order valence-electron chi connectivity index (χ3n) is 4.94. The van der Waals surface area contributed by atoms with E-state index in [0.29, 0.717) is 23.4 Å². The number of anilines is 1. The zero-order chi connectivity index (χ0) is 16.4. The predicted octanol–water partition coefficient (Wildman–Crippen LogP) is 3.33. The first-order chi connectivity index (χ1) is 11.1. The van der Waals surface area contributed by atoms with Crippen molar-refractivity contribution >= 4 is 28.2 Å². The Labute approximate surface area is 139 Å². The maximum Gasteiger partial charge on any atom is 0.307 e. The van der Waals surface area contributed by atoms with Crippen molar-refractivity contribution in [3.8, 4) is 6.07 Å².